The number of carboxylic acids is 1. The second-order valence-electron chi connectivity index (χ2n) is 9.11. The quantitative estimate of drug-likeness (QED) is 0.526. The minimum absolute atomic E-state index is 0.0792. The van der Waals surface area contributed by atoms with E-state index >= 15 is 0 Å². The van der Waals surface area contributed by atoms with Crippen LogP contribution in [0.25, 0.3) is 0 Å². The van der Waals surface area contributed by atoms with Crippen LogP contribution in [0.1, 0.15) is 48.9 Å². The number of aryl methyl sites for hydroxylation is 2. The Bertz CT molecular complexity index is 834. The Labute approximate surface area is 180 Å². The van der Waals surface area contributed by atoms with Gasteiger partial charge in [0, 0.05) is 24.9 Å². The van der Waals surface area contributed by atoms with Gasteiger partial charge in [-0.2, -0.15) is 0 Å². The maximum atomic E-state index is 10.8. The predicted molar refractivity (Wildman–Crippen MR) is 121 cm³/mol. The average molecular weight is 409 g/mol. The lowest BCUT2D eigenvalue weighted by Crippen LogP contribution is -2.42. The molecular weight excluding hydrogens is 374 g/mol. The number of nitrogens with one attached hydrogen (secondary N) is 1. The van der Waals surface area contributed by atoms with Gasteiger partial charge in [0.15, 0.2) is 0 Å². The van der Waals surface area contributed by atoms with Crippen molar-refractivity contribution in [2.75, 3.05) is 13.2 Å². The van der Waals surface area contributed by atoms with Crippen LogP contribution < -0.4 is 10.1 Å². The van der Waals surface area contributed by atoms with Crippen molar-refractivity contribution < 1.29 is 14.6 Å². The SMILES string of the molecule is Cc1ccc(CCC(=O)O)cc1OC[CH]CNC(C)(C)CC1Cc2ccccc2C1. The molecule has 2 aromatic rings. The summed E-state index contributed by atoms with van der Waals surface area (Å²) >= 11 is 0. The van der Waals surface area contributed by atoms with Gasteiger partial charge in [0.25, 0.3) is 0 Å². The Morgan fingerprint density at radius 1 is 1.20 bits per heavy atom. The predicted octanol–water partition coefficient (Wildman–Crippen LogP) is 4.77. The molecule has 0 spiro atoms. The zero-order valence-electron chi connectivity index (χ0n) is 18.4. The molecule has 3 rings (SSSR count). The van der Waals surface area contributed by atoms with Crippen molar-refractivity contribution in [1.29, 1.82) is 0 Å². The number of rotatable bonds is 11. The highest BCUT2D eigenvalue weighted by molar-refractivity contribution is 5.67. The van der Waals surface area contributed by atoms with Crippen molar-refractivity contribution in [3.63, 3.8) is 0 Å². The standard InChI is InChI=1S/C26H34NO3/c1-19-9-10-20(11-12-25(28)29)17-24(19)30-14-6-13-27-26(2,3)18-21-15-22-7-4-5-8-23(22)16-21/h4-10,17,21,27H,11-16,18H2,1-3H3,(H,28,29). The van der Waals surface area contributed by atoms with Gasteiger partial charge in [-0.05, 0) is 80.7 Å². The van der Waals surface area contributed by atoms with Crippen molar-refractivity contribution in [3.05, 3.63) is 71.1 Å². The summed E-state index contributed by atoms with van der Waals surface area (Å²) in [5.74, 6) is 0.760. The number of ether oxygens (including phenoxy) is 1. The molecule has 2 aromatic carbocycles. The van der Waals surface area contributed by atoms with Crippen molar-refractivity contribution in [2.45, 2.75) is 58.4 Å². The lowest BCUT2D eigenvalue weighted by atomic mass is 9.88. The van der Waals surface area contributed by atoms with Gasteiger partial charge in [0.1, 0.15) is 5.75 Å². The molecule has 0 aromatic heterocycles. The highest BCUT2D eigenvalue weighted by Crippen LogP contribution is 2.31. The van der Waals surface area contributed by atoms with Gasteiger partial charge in [-0.1, -0.05) is 36.4 Å². The number of fused-ring (bicyclic) bond motifs is 1. The Kier molecular flexibility index (Phi) is 7.54. The smallest absolute Gasteiger partial charge is 0.303 e. The Morgan fingerprint density at radius 3 is 2.57 bits per heavy atom. The Hall–Kier alpha value is -2.33. The van der Waals surface area contributed by atoms with Gasteiger partial charge >= 0.3 is 5.97 Å². The van der Waals surface area contributed by atoms with E-state index in [1.807, 2.05) is 25.1 Å². The van der Waals surface area contributed by atoms with Gasteiger partial charge in [-0.15, -0.1) is 0 Å². The summed E-state index contributed by atoms with van der Waals surface area (Å²) in [6, 6.07) is 14.7. The molecule has 4 nitrogen and oxygen atoms in total. The van der Waals surface area contributed by atoms with Crippen molar-refractivity contribution in [1.82, 2.24) is 5.32 Å². The zero-order chi connectivity index (χ0) is 21.6. The van der Waals surface area contributed by atoms with Crippen LogP contribution in [0.5, 0.6) is 5.75 Å². The fraction of sp³-hybridized carbons (Fsp3) is 0.462. The molecule has 0 aliphatic heterocycles. The molecule has 4 heteroatoms. The molecule has 0 amide bonds. The second-order valence-corrected chi connectivity index (χ2v) is 9.11. The third-order valence-electron chi connectivity index (χ3n) is 5.90. The first-order valence-electron chi connectivity index (χ1n) is 10.9. The number of hydrogen-bond acceptors (Lipinski definition) is 3. The molecule has 0 unspecified atom stereocenters. The molecule has 1 aliphatic carbocycles. The van der Waals surface area contributed by atoms with E-state index in [1.165, 1.54) is 24.0 Å². The monoisotopic (exact) mass is 408 g/mol. The first-order chi connectivity index (χ1) is 14.3. The van der Waals surface area contributed by atoms with Crippen LogP contribution in [-0.2, 0) is 24.1 Å². The van der Waals surface area contributed by atoms with E-state index in [9.17, 15) is 4.79 Å². The van der Waals surface area contributed by atoms with E-state index in [4.69, 9.17) is 9.84 Å². The molecule has 0 heterocycles. The normalized spacial score (nSPS) is 14.0. The maximum absolute atomic E-state index is 10.8. The highest BCUT2D eigenvalue weighted by Gasteiger charge is 2.27. The maximum Gasteiger partial charge on any atom is 0.303 e. The molecule has 0 saturated heterocycles. The molecule has 0 atom stereocenters. The summed E-state index contributed by atoms with van der Waals surface area (Å²) in [5, 5.41) is 12.5. The number of aliphatic carboxylic acids is 1. The number of carbonyl (C=O) groups is 1. The van der Waals surface area contributed by atoms with Crippen LogP contribution in [0, 0.1) is 19.3 Å². The zero-order valence-corrected chi connectivity index (χ0v) is 18.4. The number of benzene rings is 2. The van der Waals surface area contributed by atoms with Crippen LogP contribution in [-0.4, -0.2) is 29.8 Å². The third-order valence-corrected chi connectivity index (χ3v) is 5.90. The van der Waals surface area contributed by atoms with Crippen molar-refractivity contribution >= 4 is 5.97 Å². The van der Waals surface area contributed by atoms with E-state index in [0.717, 1.165) is 29.8 Å². The van der Waals surface area contributed by atoms with Crippen LogP contribution in [0.3, 0.4) is 0 Å². The fourth-order valence-electron chi connectivity index (χ4n) is 4.35. The summed E-state index contributed by atoms with van der Waals surface area (Å²) in [5.41, 5.74) is 5.17. The summed E-state index contributed by atoms with van der Waals surface area (Å²) in [7, 11) is 0. The Balaban J connectivity index is 1.38. The fourth-order valence-corrected chi connectivity index (χ4v) is 4.35. The number of carboxylic acid groups (broad SMARTS) is 1. The summed E-state index contributed by atoms with van der Waals surface area (Å²) in [6.07, 6.45) is 6.31. The summed E-state index contributed by atoms with van der Waals surface area (Å²) in [6.45, 7) is 7.89. The lowest BCUT2D eigenvalue weighted by Gasteiger charge is -2.29. The summed E-state index contributed by atoms with van der Waals surface area (Å²) in [4.78, 5) is 10.8. The second kappa shape index (κ2) is 10.1. The average Bonchev–Trinajstić information content (AvgIpc) is 3.09. The van der Waals surface area contributed by atoms with Crippen molar-refractivity contribution in [2.24, 2.45) is 5.92 Å². The van der Waals surface area contributed by atoms with Gasteiger partial charge in [-0.3, -0.25) is 4.79 Å². The van der Waals surface area contributed by atoms with Crippen LogP contribution >= 0.6 is 0 Å². The van der Waals surface area contributed by atoms with Crippen LogP contribution in [0.2, 0.25) is 0 Å². The topological polar surface area (TPSA) is 58.6 Å². The minimum atomic E-state index is -0.776. The van der Waals surface area contributed by atoms with Crippen LogP contribution in [0.4, 0.5) is 0 Å². The third kappa shape index (κ3) is 6.60. The molecule has 2 N–H and O–H groups in total. The van der Waals surface area contributed by atoms with Gasteiger partial charge in [0.05, 0.1) is 6.61 Å². The van der Waals surface area contributed by atoms with Crippen molar-refractivity contribution in [3.8, 4) is 5.75 Å². The molecular formula is C26H34NO3. The van der Waals surface area contributed by atoms with Gasteiger partial charge in [-0.25, -0.2) is 0 Å². The summed E-state index contributed by atoms with van der Waals surface area (Å²) < 4.78 is 5.93. The van der Waals surface area contributed by atoms with E-state index < -0.39 is 5.97 Å². The lowest BCUT2D eigenvalue weighted by molar-refractivity contribution is -0.136. The van der Waals surface area contributed by atoms with E-state index in [2.05, 4.69) is 49.9 Å². The Morgan fingerprint density at radius 2 is 1.90 bits per heavy atom. The van der Waals surface area contributed by atoms with E-state index in [0.29, 0.717) is 18.9 Å². The molecule has 0 bridgehead atoms. The molecule has 0 fully saturated rings. The minimum Gasteiger partial charge on any atom is -0.493 e. The molecule has 161 valence electrons. The van der Waals surface area contributed by atoms with E-state index in [1.54, 1.807) is 0 Å². The molecule has 0 saturated carbocycles. The number of hydrogen-bond donors (Lipinski definition) is 2. The highest BCUT2D eigenvalue weighted by atomic mass is 16.5. The first kappa shape index (κ1) is 22.4. The molecule has 1 radical (unpaired) electrons. The first-order valence-corrected chi connectivity index (χ1v) is 10.9. The molecule has 30 heavy (non-hydrogen) atoms. The van der Waals surface area contributed by atoms with E-state index in [-0.39, 0.29) is 12.0 Å². The largest absolute Gasteiger partial charge is 0.493 e. The van der Waals surface area contributed by atoms with Crippen LogP contribution in [0.15, 0.2) is 42.5 Å². The van der Waals surface area contributed by atoms with Gasteiger partial charge < -0.3 is 15.2 Å². The van der Waals surface area contributed by atoms with Gasteiger partial charge in [0.2, 0.25) is 0 Å². The molecule has 1 aliphatic rings.